The van der Waals surface area contributed by atoms with Gasteiger partial charge in [-0.25, -0.2) is 4.79 Å². The fraction of sp³-hybridized carbons (Fsp3) is 0.250. The van der Waals surface area contributed by atoms with Crippen molar-refractivity contribution in [3.63, 3.8) is 0 Å². The molecule has 0 spiro atoms. The number of carbonyl (C=O) groups is 1. The number of hydrogen-bond acceptors (Lipinski definition) is 3. The molecule has 21 heavy (non-hydrogen) atoms. The molecule has 5 nitrogen and oxygen atoms in total. The highest BCUT2D eigenvalue weighted by Crippen LogP contribution is 2.21. The summed E-state index contributed by atoms with van der Waals surface area (Å²) in [5.74, 6) is -0.932. The number of carboxylic acids is 1. The number of nitriles is 1. The van der Waals surface area contributed by atoms with Crippen LogP contribution >= 0.6 is 0 Å². The predicted octanol–water partition coefficient (Wildman–Crippen LogP) is 2.82. The molecule has 2 N–H and O–H groups in total. The second-order valence-corrected chi connectivity index (χ2v) is 4.95. The zero-order valence-electron chi connectivity index (χ0n) is 12.3. The zero-order valence-corrected chi connectivity index (χ0v) is 12.3. The molecule has 1 aromatic heterocycles. The molecule has 0 fully saturated rings. The third-order valence-corrected chi connectivity index (χ3v) is 3.79. The Morgan fingerprint density at radius 2 is 2.14 bits per heavy atom. The minimum absolute atomic E-state index is 0.294. The van der Waals surface area contributed by atoms with Crippen LogP contribution in [0.2, 0.25) is 0 Å². The monoisotopic (exact) mass is 283 g/mol. The molecule has 1 aromatic carbocycles. The largest absolute Gasteiger partial charge is 0.478 e. The van der Waals surface area contributed by atoms with Crippen molar-refractivity contribution in [1.29, 1.82) is 5.26 Å². The molecule has 0 aliphatic carbocycles. The van der Waals surface area contributed by atoms with E-state index in [9.17, 15) is 4.79 Å². The van der Waals surface area contributed by atoms with E-state index in [1.165, 1.54) is 0 Å². The average Bonchev–Trinajstić information content (AvgIpc) is 2.73. The predicted molar refractivity (Wildman–Crippen MR) is 80.3 cm³/mol. The molecule has 0 saturated heterocycles. The van der Waals surface area contributed by atoms with Gasteiger partial charge in [0.05, 0.1) is 5.56 Å². The molecule has 0 amide bonds. The minimum atomic E-state index is -0.932. The fourth-order valence-electron chi connectivity index (χ4n) is 2.30. The molecule has 0 bridgehead atoms. The lowest BCUT2D eigenvalue weighted by molar-refractivity contribution is 0.0696. The van der Waals surface area contributed by atoms with E-state index >= 15 is 0 Å². The van der Waals surface area contributed by atoms with E-state index in [1.54, 1.807) is 19.1 Å². The van der Waals surface area contributed by atoms with Gasteiger partial charge in [-0.05, 0) is 43.2 Å². The number of rotatable bonds is 4. The van der Waals surface area contributed by atoms with Crippen molar-refractivity contribution in [3.05, 3.63) is 52.3 Å². The van der Waals surface area contributed by atoms with Crippen molar-refractivity contribution in [2.75, 3.05) is 5.32 Å². The van der Waals surface area contributed by atoms with E-state index in [2.05, 4.69) is 11.4 Å². The zero-order chi connectivity index (χ0) is 15.6. The van der Waals surface area contributed by atoms with Crippen LogP contribution in [0.5, 0.6) is 0 Å². The summed E-state index contributed by atoms with van der Waals surface area (Å²) < 4.78 is 1.84. The number of nitrogens with one attached hydrogen (secondary N) is 1. The molecule has 0 unspecified atom stereocenters. The molecule has 108 valence electrons. The van der Waals surface area contributed by atoms with E-state index in [-0.39, 0.29) is 0 Å². The van der Waals surface area contributed by atoms with Crippen LogP contribution < -0.4 is 5.32 Å². The van der Waals surface area contributed by atoms with Gasteiger partial charge < -0.3 is 15.0 Å². The van der Waals surface area contributed by atoms with Crippen molar-refractivity contribution in [1.82, 2.24) is 4.57 Å². The van der Waals surface area contributed by atoms with Gasteiger partial charge >= 0.3 is 5.97 Å². The standard InChI is InChI=1S/C16H17N3O2/c1-10-14(16(20)21)5-4-6-15(10)18-9-12-7-13(8-17)19(3)11(12)2/h4-7,18H,9H2,1-3H3,(H,20,21). The Morgan fingerprint density at radius 1 is 1.43 bits per heavy atom. The topological polar surface area (TPSA) is 78.0 Å². The van der Waals surface area contributed by atoms with E-state index in [4.69, 9.17) is 10.4 Å². The highest BCUT2D eigenvalue weighted by Gasteiger charge is 2.11. The summed E-state index contributed by atoms with van der Waals surface area (Å²) in [6.45, 7) is 4.29. The van der Waals surface area contributed by atoms with E-state index in [0.717, 1.165) is 16.9 Å². The molecule has 0 aliphatic heterocycles. The maximum Gasteiger partial charge on any atom is 0.336 e. The molecule has 0 saturated carbocycles. The Hall–Kier alpha value is -2.74. The normalized spacial score (nSPS) is 10.2. The highest BCUT2D eigenvalue weighted by molar-refractivity contribution is 5.91. The van der Waals surface area contributed by atoms with Crippen LogP contribution in [-0.4, -0.2) is 15.6 Å². The third-order valence-electron chi connectivity index (χ3n) is 3.79. The van der Waals surface area contributed by atoms with E-state index in [0.29, 0.717) is 23.4 Å². The summed E-state index contributed by atoms with van der Waals surface area (Å²) >= 11 is 0. The Bertz CT molecular complexity index is 739. The molecular weight excluding hydrogens is 266 g/mol. The van der Waals surface area contributed by atoms with E-state index < -0.39 is 5.97 Å². The van der Waals surface area contributed by atoms with Crippen LogP contribution in [-0.2, 0) is 13.6 Å². The number of aromatic nitrogens is 1. The van der Waals surface area contributed by atoms with Gasteiger partial charge in [0.15, 0.2) is 0 Å². The molecule has 2 rings (SSSR count). The smallest absolute Gasteiger partial charge is 0.336 e. The maximum absolute atomic E-state index is 11.1. The number of benzene rings is 1. The maximum atomic E-state index is 11.1. The molecular formula is C16H17N3O2. The van der Waals surface area contributed by atoms with Gasteiger partial charge in [0, 0.05) is 25.0 Å². The summed E-state index contributed by atoms with van der Waals surface area (Å²) in [5.41, 5.74) is 4.44. The highest BCUT2D eigenvalue weighted by atomic mass is 16.4. The van der Waals surface area contributed by atoms with Gasteiger partial charge in [0.1, 0.15) is 11.8 Å². The van der Waals surface area contributed by atoms with Gasteiger partial charge in [0.25, 0.3) is 0 Å². The van der Waals surface area contributed by atoms with Gasteiger partial charge in [-0.3, -0.25) is 0 Å². The van der Waals surface area contributed by atoms with Crippen LogP contribution in [0.3, 0.4) is 0 Å². The van der Waals surface area contributed by atoms with Crippen LogP contribution in [0.4, 0.5) is 5.69 Å². The summed E-state index contributed by atoms with van der Waals surface area (Å²) in [6.07, 6.45) is 0. The number of carboxylic acid groups (broad SMARTS) is 1. The molecule has 0 aliphatic rings. The second kappa shape index (κ2) is 5.71. The lowest BCUT2D eigenvalue weighted by atomic mass is 10.1. The van der Waals surface area contributed by atoms with Gasteiger partial charge in [-0.2, -0.15) is 5.26 Å². The molecule has 0 radical (unpaired) electrons. The number of aromatic carboxylic acids is 1. The summed E-state index contributed by atoms with van der Waals surface area (Å²) in [6, 6.07) is 9.15. The Morgan fingerprint density at radius 3 is 2.71 bits per heavy atom. The fourth-order valence-corrected chi connectivity index (χ4v) is 2.30. The first-order chi connectivity index (χ1) is 9.95. The van der Waals surface area contributed by atoms with E-state index in [1.807, 2.05) is 30.7 Å². The second-order valence-electron chi connectivity index (χ2n) is 4.95. The third kappa shape index (κ3) is 2.75. The quantitative estimate of drug-likeness (QED) is 0.904. The SMILES string of the molecule is Cc1c(NCc2cc(C#N)n(C)c2C)cccc1C(=O)O. The molecule has 2 aromatic rings. The van der Waals surface area contributed by atoms with Gasteiger partial charge in [0.2, 0.25) is 0 Å². The van der Waals surface area contributed by atoms with Crippen molar-refractivity contribution < 1.29 is 9.90 Å². The van der Waals surface area contributed by atoms with Gasteiger partial charge in [-0.1, -0.05) is 6.07 Å². The molecule has 5 heteroatoms. The lowest BCUT2D eigenvalue weighted by Crippen LogP contribution is -2.06. The molecule has 0 atom stereocenters. The summed E-state index contributed by atoms with van der Waals surface area (Å²) in [4.78, 5) is 11.1. The van der Waals surface area contributed by atoms with Gasteiger partial charge in [-0.15, -0.1) is 0 Å². The Labute approximate surface area is 123 Å². The minimum Gasteiger partial charge on any atom is -0.478 e. The summed E-state index contributed by atoms with van der Waals surface area (Å²) in [5, 5.41) is 21.4. The number of nitrogens with zero attached hydrogens (tertiary/aromatic N) is 2. The number of hydrogen-bond donors (Lipinski definition) is 2. The first kappa shape index (κ1) is 14.7. The average molecular weight is 283 g/mol. The first-order valence-electron chi connectivity index (χ1n) is 6.57. The number of anilines is 1. The van der Waals surface area contributed by atoms with Crippen molar-refractivity contribution in [3.8, 4) is 6.07 Å². The van der Waals surface area contributed by atoms with Crippen LogP contribution in [0.25, 0.3) is 0 Å². The Balaban J connectivity index is 2.23. The van der Waals surface area contributed by atoms with Crippen molar-refractivity contribution in [2.24, 2.45) is 7.05 Å². The summed E-state index contributed by atoms with van der Waals surface area (Å²) in [7, 11) is 1.85. The lowest BCUT2D eigenvalue weighted by Gasteiger charge is -2.11. The Kier molecular flexibility index (Phi) is 3.99. The van der Waals surface area contributed by atoms with Crippen LogP contribution in [0.1, 0.15) is 32.9 Å². The van der Waals surface area contributed by atoms with Crippen molar-refractivity contribution >= 4 is 11.7 Å². The van der Waals surface area contributed by atoms with Crippen LogP contribution in [0, 0.1) is 25.2 Å². The van der Waals surface area contributed by atoms with Crippen LogP contribution in [0.15, 0.2) is 24.3 Å². The van der Waals surface area contributed by atoms with Crippen molar-refractivity contribution in [2.45, 2.75) is 20.4 Å². The molecule has 1 heterocycles. The first-order valence-corrected chi connectivity index (χ1v) is 6.57.